The summed E-state index contributed by atoms with van der Waals surface area (Å²) in [5, 5.41) is 3.84. The van der Waals surface area contributed by atoms with E-state index in [1.807, 2.05) is 0 Å². The first-order valence-electron chi connectivity index (χ1n) is 12.9. The molecule has 0 saturated heterocycles. The van der Waals surface area contributed by atoms with E-state index < -0.39 is 28.5 Å². The van der Waals surface area contributed by atoms with E-state index in [0.29, 0.717) is 15.6 Å². The van der Waals surface area contributed by atoms with E-state index in [-0.39, 0.29) is 34.1 Å². The summed E-state index contributed by atoms with van der Waals surface area (Å²) in [5.74, 6) is -0.955. The van der Waals surface area contributed by atoms with E-state index in [1.54, 1.807) is 61.5 Å². The molecule has 0 unspecified atom stereocenters. The number of carbonyl (C=O) groups is 2. The lowest BCUT2D eigenvalue weighted by Gasteiger charge is -2.33. The fraction of sp³-hybridized carbons (Fsp3) is 0.310. The van der Waals surface area contributed by atoms with Crippen LogP contribution in [0, 0.1) is 0 Å². The zero-order chi connectivity index (χ0) is 28.9. The molecule has 2 amide bonds. The summed E-state index contributed by atoms with van der Waals surface area (Å²) in [4.78, 5) is 28.6. The highest BCUT2D eigenvalue weighted by Gasteiger charge is 2.34. The summed E-state index contributed by atoms with van der Waals surface area (Å²) in [6.45, 7) is 0.904. The summed E-state index contributed by atoms with van der Waals surface area (Å²) in [6, 6.07) is 18.2. The molecule has 3 aromatic rings. The van der Waals surface area contributed by atoms with E-state index >= 15 is 0 Å². The van der Waals surface area contributed by atoms with Gasteiger partial charge in [0.25, 0.3) is 10.0 Å². The van der Waals surface area contributed by atoms with Gasteiger partial charge in [-0.05, 0) is 56.2 Å². The van der Waals surface area contributed by atoms with Crippen LogP contribution in [0.15, 0.2) is 77.7 Å². The molecule has 0 radical (unpaired) electrons. The molecule has 1 atom stereocenters. The maximum Gasteiger partial charge on any atom is 0.264 e. The minimum absolute atomic E-state index is 0.00422. The lowest BCUT2D eigenvalue weighted by atomic mass is 10.1. The van der Waals surface area contributed by atoms with Crippen LogP contribution in [-0.4, -0.2) is 43.8 Å². The Morgan fingerprint density at radius 1 is 0.875 bits per heavy atom. The Labute approximate surface area is 250 Å². The lowest BCUT2D eigenvalue weighted by Crippen LogP contribution is -2.52. The maximum absolute atomic E-state index is 14.0. The van der Waals surface area contributed by atoms with Crippen LogP contribution in [-0.2, 0) is 26.2 Å². The normalized spacial score (nSPS) is 14.5. The van der Waals surface area contributed by atoms with Gasteiger partial charge in [-0.3, -0.25) is 13.9 Å². The van der Waals surface area contributed by atoms with Crippen molar-refractivity contribution in [3.8, 4) is 0 Å². The third-order valence-electron chi connectivity index (χ3n) is 6.99. The number of benzene rings is 3. The van der Waals surface area contributed by atoms with Gasteiger partial charge in [-0.15, -0.1) is 0 Å². The number of para-hydroxylation sites is 1. The van der Waals surface area contributed by atoms with Crippen LogP contribution in [0.25, 0.3) is 0 Å². The molecule has 40 heavy (non-hydrogen) atoms. The fourth-order valence-corrected chi connectivity index (χ4v) is 6.97. The van der Waals surface area contributed by atoms with Crippen LogP contribution in [0.1, 0.15) is 38.2 Å². The van der Waals surface area contributed by atoms with Crippen LogP contribution in [0.5, 0.6) is 0 Å². The Morgan fingerprint density at radius 2 is 1.45 bits per heavy atom. The molecule has 1 aliphatic carbocycles. The first kappa shape index (κ1) is 30.2. The van der Waals surface area contributed by atoms with Crippen molar-refractivity contribution < 1.29 is 18.0 Å². The van der Waals surface area contributed by atoms with E-state index in [2.05, 4.69) is 5.32 Å². The van der Waals surface area contributed by atoms with Gasteiger partial charge in [0.1, 0.15) is 12.6 Å². The maximum atomic E-state index is 14.0. The van der Waals surface area contributed by atoms with E-state index in [1.165, 1.54) is 23.1 Å². The number of nitrogens with one attached hydrogen (secondary N) is 1. The fourth-order valence-electron chi connectivity index (χ4n) is 4.72. The van der Waals surface area contributed by atoms with Crippen LogP contribution in [0.3, 0.4) is 0 Å². The molecule has 0 aromatic heterocycles. The molecule has 1 fully saturated rings. The number of amides is 2. The van der Waals surface area contributed by atoms with Gasteiger partial charge in [0.2, 0.25) is 11.8 Å². The summed E-state index contributed by atoms with van der Waals surface area (Å²) < 4.78 is 28.6. The van der Waals surface area contributed by atoms with Crippen LogP contribution in [0.2, 0.25) is 15.1 Å². The molecule has 0 heterocycles. The summed E-state index contributed by atoms with van der Waals surface area (Å²) in [7, 11) is -4.21. The molecule has 0 bridgehead atoms. The Bertz CT molecular complexity index is 1440. The van der Waals surface area contributed by atoms with Gasteiger partial charge in [-0.1, -0.05) is 84.0 Å². The quantitative estimate of drug-likeness (QED) is 0.287. The predicted molar refractivity (Wildman–Crippen MR) is 159 cm³/mol. The monoisotopic (exact) mass is 621 g/mol. The number of sulfonamides is 1. The molecule has 1 aliphatic rings. The number of rotatable bonds is 10. The van der Waals surface area contributed by atoms with Gasteiger partial charge >= 0.3 is 0 Å². The number of nitrogens with zero attached hydrogens (tertiary/aromatic N) is 2. The average Bonchev–Trinajstić information content (AvgIpc) is 3.45. The van der Waals surface area contributed by atoms with Gasteiger partial charge in [-0.25, -0.2) is 8.42 Å². The SMILES string of the molecule is C[C@H](C(=O)NC1CCCC1)N(Cc1c(Cl)cccc1Cl)C(=O)CN(c1ccccc1Cl)S(=O)(=O)c1ccccc1. The molecule has 3 aromatic carbocycles. The summed E-state index contributed by atoms with van der Waals surface area (Å²) in [6.07, 6.45) is 3.80. The smallest absolute Gasteiger partial charge is 0.264 e. The number of hydrogen-bond acceptors (Lipinski definition) is 4. The van der Waals surface area contributed by atoms with Crippen molar-refractivity contribution in [3.63, 3.8) is 0 Å². The molecule has 0 aliphatic heterocycles. The largest absolute Gasteiger partial charge is 0.352 e. The molecule has 212 valence electrons. The first-order valence-corrected chi connectivity index (χ1v) is 15.5. The van der Waals surface area contributed by atoms with Crippen LogP contribution < -0.4 is 9.62 Å². The molecule has 4 rings (SSSR count). The van der Waals surface area contributed by atoms with Crippen molar-refractivity contribution >= 4 is 62.3 Å². The third-order valence-corrected chi connectivity index (χ3v) is 9.79. The second kappa shape index (κ2) is 13.3. The molecular formula is C29H30Cl3N3O4S. The number of hydrogen-bond donors (Lipinski definition) is 1. The second-order valence-corrected chi connectivity index (χ2v) is 12.7. The predicted octanol–water partition coefficient (Wildman–Crippen LogP) is 6.32. The Kier molecular flexibility index (Phi) is 10.0. The molecule has 1 N–H and O–H groups in total. The third kappa shape index (κ3) is 6.92. The Morgan fingerprint density at radius 3 is 2.08 bits per heavy atom. The van der Waals surface area contributed by atoms with Crippen molar-refractivity contribution in [2.75, 3.05) is 10.8 Å². The second-order valence-electron chi connectivity index (χ2n) is 9.66. The Balaban J connectivity index is 1.72. The molecule has 1 saturated carbocycles. The van der Waals surface area contributed by atoms with Gasteiger partial charge in [-0.2, -0.15) is 0 Å². The van der Waals surface area contributed by atoms with Crippen LogP contribution in [0.4, 0.5) is 5.69 Å². The van der Waals surface area contributed by atoms with Crippen molar-refractivity contribution in [1.82, 2.24) is 10.2 Å². The Hall–Kier alpha value is -2.78. The first-order chi connectivity index (χ1) is 19.1. The van der Waals surface area contributed by atoms with Crippen molar-refractivity contribution in [3.05, 3.63) is 93.4 Å². The van der Waals surface area contributed by atoms with E-state index in [4.69, 9.17) is 34.8 Å². The number of carbonyl (C=O) groups excluding carboxylic acids is 2. The molecule has 11 heteroatoms. The van der Waals surface area contributed by atoms with E-state index in [0.717, 1.165) is 30.0 Å². The molecule has 0 spiro atoms. The number of anilines is 1. The van der Waals surface area contributed by atoms with Crippen molar-refractivity contribution in [2.45, 2.75) is 56.1 Å². The minimum atomic E-state index is -4.21. The van der Waals surface area contributed by atoms with E-state index in [9.17, 15) is 18.0 Å². The highest BCUT2D eigenvalue weighted by Crippen LogP contribution is 2.31. The van der Waals surface area contributed by atoms with Crippen molar-refractivity contribution in [2.24, 2.45) is 0 Å². The lowest BCUT2D eigenvalue weighted by molar-refractivity contribution is -0.139. The minimum Gasteiger partial charge on any atom is -0.352 e. The zero-order valence-electron chi connectivity index (χ0n) is 21.9. The topological polar surface area (TPSA) is 86.8 Å². The standard InChI is InChI=1S/C29H30Cl3N3O4S/c1-20(29(37)33-21-10-5-6-11-21)34(18-23-24(30)15-9-16-25(23)31)28(36)19-35(27-17-8-7-14-26(27)32)40(38,39)22-12-3-2-4-13-22/h2-4,7-9,12-17,20-21H,5-6,10-11,18-19H2,1H3,(H,33,37)/t20-/m1/s1. The van der Waals surface area contributed by atoms with Gasteiger partial charge in [0.15, 0.2) is 0 Å². The van der Waals surface area contributed by atoms with Gasteiger partial charge < -0.3 is 10.2 Å². The summed E-state index contributed by atoms with van der Waals surface area (Å²) >= 11 is 19.3. The van der Waals surface area contributed by atoms with Gasteiger partial charge in [0, 0.05) is 28.2 Å². The highest BCUT2D eigenvalue weighted by atomic mass is 35.5. The van der Waals surface area contributed by atoms with Crippen LogP contribution >= 0.6 is 34.8 Å². The molecule has 7 nitrogen and oxygen atoms in total. The van der Waals surface area contributed by atoms with Gasteiger partial charge in [0.05, 0.1) is 15.6 Å². The van der Waals surface area contributed by atoms with Crippen molar-refractivity contribution in [1.29, 1.82) is 0 Å². The summed E-state index contributed by atoms with van der Waals surface area (Å²) in [5.41, 5.74) is 0.593. The zero-order valence-corrected chi connectivity index (χ0v) is 25.0. The highest BCUT2D eigenvalue weighted by molar-refractivity contribution is 7.92. The number of halogens is 3. The average molecular weight is 623 g/mol. The molecular weight excluding hydrogens is 593 g/mol.